The molecule has 1 aliphatic rings. The lowest BCUT2D eigenvalue weighted by molar-refractivity contribution is 0.238. The molecule has 1 aromatic heterocycles. The molecule has 0 radical (unpaired) electrons. The first kappa shape index (κ1) is 22.0. The third kappa shape index (κ3) is 5.35. The van der Waals surface area contributed by atoms with Crippen LogP contribution in [-0.2, 0) is 0 Å². The van der Waals surface area contributed by atoms with E-state index in [4.69, 9.17) is 32.4 Å². The Balaban J connectivity index is 1.19. The summed E-state index contributed by atoms with van der Waals surface area (Å²) in [6.07, 6.45) is 2.04. The predicted octanol–water partition coefficient (Wildman–Crippen LogP) is 5.39. The normalized spacial score (nSPS) is 14.9. The van der Waals surface area contributed by atoms with Crippen LogP contribution in [0.1, 0.15) is 18.4 Å². The molecule has 31 heavy (non-hydrogen) atoms. The second-order valence-electron chi connectivity index (χ2n) is 7.86. The lowest BCUT2D eigenvalue weighted by Gasteiger charge is -2.36. The zero-order valence-corrected chi connectivity index (χ0v) is 19.1. The number of fused-ring (bicyclic) bond motifs is 1. The number of benzene rings is 2. The van der Waals surface area contributed by atoms with Gasteiger partial charge in [-0.15, -0.1) is 0 Å². The van der Waals surface area contributed by atoms with Crippen molar-refractivity contribution in [1.29, 1.82) is 0 Å². The van der Waals surface area contributed by atoms with Gasteiger partial charge in [-0.1, -0.05) is 29.3 Å². The lowest BCUT2D eigenvalue weighted by atomic mass is 10.1. The van der Waals surface area contributed by atoms with E-state index < -0.39 is 0 Å². The van der Waals surface area contributed by atoms with Crippen LogP contribution in [0, 0.1) is 6.92 Å². The summed E-state index contributed by atoms with van der Waals surface area (Å²) in [6.45, 7) is 7.49. The molecule has 0 atom stereocenters. The molecule has 0 spiro atoms. The summed E-state index contributed by atoms with van der Waals surface area (Å²) < 4.78 is 11.1. The van der Waals surface area contributed by atoms with E-state index in [-0.39, 0.29) is 5.63 Å². The first-order valence-corrected chi connectivity index (χ1v) is 11.4. The van der Waals surface area contributed by atoms with Crippen molar-refractivity contribution in [2.45, 2.75) is 19.8 Å². The standard InChI is InChI=1S/C24H26Cl2N2O3/c1-17-15-23(29)31-22-16-18(7-8-19(17)22)30-14-3-2-9-27-10-12-28(13-11-27)21-6-4-5-20(25)24(21)26/h4-8,15-16H,2-3,9-14H2,1H3. The highest BCUT2D eigenvalue weighted by molar-refractivity contribution is 6.43. The van der Waals surface area contributed by atoms with Crippen LogP contribution in [0.25, 0.3) is 11.0 Å². The monoisotopic (exact) mass is 460 g/mol. The molecule has 0 saturated carbocycles. The summed E-state index contributed by atoms with van der Waals surface area (Å²) in [5.41, 5.74) is 2.17. The number of unbranched alkanes of at least 4 members (excludes halogenated alkanes) is 1. The molecule has 1 saturated heterocycles. The van der Waals surface area contributed by atoms with Crippen molar-refractivity contribution in [3.05, 3.63) is 68.5 Å². The Morgan fingerprint density at radius 1 is 1.03 bits per heavy atom. The smallest absolute Gasteiger partial charge is 0.336 e. The van der Waals surface area contributed by atoms with Gasteiger partial charge in [-0.2, -0.15) is 0 Å². The fourth-order valence-corrected chi connectivity index (χ4v) is 4.39. The summed E-state index contributed by atoms with van der Waals surface area (Å²) in [5, 5.41) is 2.17. The molecule has 4 rings (SSSR count). The summed E-state index contributed by atoms with van der Waals surface area (Å²) in [5.74, 6) is 0.730. The molecular weight excluding hydrogens is 435 g/mol. The van der Waals surface area contributed by atoms with Gasteiger partial charge in [-0.3, -0.25) is 4.90 Å². The van der Waals surface area contributed by atoms with Crippen LogP contribution in [0.15, 0.2) is 51.7 Å². The average molecular weight is 461 g/mol. The number of halogens is 2. The van der Waals surface area contributed by atoms with Gasteiger partial charge in [0, 0.05) is 43.7 Å². The fraction of sp³-hybridized carbons (Fsp3) is 0.375. The van der Waals surface area contributed by atoms with E-state index in [1.165, 1.54) is 6.07 Å². The Morgan fingerprint density at radius 2 is 1.84 bits per heavy atom. The third-order valence-electron chi connectivity index (χ3n) is 5.70. The zero-order chi connectivity index (χ0) is 21.8. The van der Waals surface area contributed by atoms with Crippen LogP contribution >= 0.6 is 23.2 Å². The maximum atomic E-state index is 11.6. The van der Waals surface area contributed by atoms with Crippen LogP contribution in [-0.4, -0.2) is 44.2 Å². The molecule has 0 aliphatic carbocycles. The summed E-state index contributed by atoms with van der Waals surface area (Å²) in [7, 11) is 0. The molecule has 2 aromatic carbocycles. The molecule has 0 unspecified atom stereocenters. The van der Waals surface area contributed by atoms with Crippen molar-refractivity contribution >= 4 is 39.9 Å². The van der Waals surface area contributed by atoms with Crippen molar-refractivity contribution in [2.75, 3.05) is 44.2 Å². The number of aryl methyl sites for hydroxylation is 1. The molecule has 164 valence electrons. The largest absolute Gasteiger partial charge is 0.493 e. The molecule has 7 heteroatoms. The van der Waals surface area contributed by atoms with Gasteiger partial charge in [0.1, 0.15) is 11.3 Å². The van der Waals surface area contributed by atoms with Crippen LogP contribution in [0.2, 0.25) is 10.0 Å². The van der Waals surface area contributed by atoms with E-state index in [0.717, 1.165) is 68.0 Å². The van der Waals surface area contributed by atoms with Crippen molar-refractivity contribution in [3.8, 4) is 5.75 Å². The SMILES string of the molecule is Cc1cc(=O)oc2cc(OCCCCN3CCN(c4cccc(Cl)c4Cl)CC3)ccc12. The van der Waals surface area contributed by atoms with E-state index in [9.17, 15) is 4.79 Å². The minimum Gasteiger partial charge on any atom is -0.493 e. The molecular formula is C24H26Cl2N2O3. The molecule has 1 fully saturated rings. The highest BCUT2D eigenvalue weighted by atomic mass is 35.5. The van der Waals surface area contributed by atoms with Gasteiger partial charge >= 0.3 is 5.63 Å². The van der Waals surface area contributed by atoms with Gasteiger partial charge in [0.25, 0.3) is 0 Å². The fourth-order valence-electron chi connectivity index (χ4n) is 3.97. The summed E-state index contributed by atoms with van der Waals surface area (Å²) >= 11 is 12.5. The summed E-state index contributed by atoms with van der Waals surface area (Å²) in [6, 6.07) is 13.0. The minimum absolute atomic E-state index is 0.333. The van der Waals surface area contributed by atoms with Crippen LogP contribution in [0.3, 0.4) is 0 Å². The average Bonchev–Trinajstić information content (AvgIpc) is 2.75. The van der Waals surface area contributed by atoms with Crippen LogP contribution in [0.5, 0.6) is 5.75 Å². The van der Waals surface area contributed by atoms with E-state index in [2.05, 4.69) is 9.80 Å². The van der Waals surface area contributed by atoms with Gasteiger partial charge in [0.15, 0.2) is 0 Å². The number of nitrogens with zero attached hydrogens (tertiary/aromatic N) is 2. The topological polar surface area (TPSA) is 45.9 Å². The Hall–Kier alpha value is -2.21. The molecule has 0 bridgehead atoms. The summed E-state index contributed by atoms with van der Waals surface area (Å²) in [4.78, 5) is 16.3. The number of hydrogen-bond donors (Lipinski definition) is 0. The van der Waals surface area contributed by atoms with E-state index in [1.807, 2.05) is 37.3 Å². The molecule has 3 aromatic rings. The second-order valence-corrected chi connectivity index (χ2v) is 8.65. The zero-order valence-electron chi connectivity index (χ0n) is 17.6. The Labute approximate surface area is 192 Å². The van der Waals surface area contributed by atoms with Gasteiger partial charge in [-0.25, -0.2) is 4.79 Å². The van der Waals surface area contributed by atoms with E-state index in [0.29, 0.717) is 22.2 Å². The molecule has 0 amide bonds. The first-order chi connectivity index (χ1) is 15.0. The van der Waals surface area contributed by atoms with Gasteiger partial charge < -0.3 is 14.1 Å². The van der Waals surface area contributed by atoms with Crippen molar-refractivity contribution < 1.29 is 9.15 Å². The Bertz CT molecular complexity index is 1110. The molecule has 1 aliphatic heterocycles. The maximum absolute atomic E-state index is 11.6. The van der Waals surface area contributed by atoms with Crippen LogP contribution in [0.4, 0.5) is 5.69 Å². The third-order valence-corrected chi connectivity index (χ3v) is 6.51. The number of piperazine rings is 1. The van der Waals surface area contributed by atoms with Crippen molar-refractivity contribution in [1.82, 2.24) is 4.90 Å². The Kier molecular flexibility index (Phi) is 7.06. The molecule has 2 heterocycles. The highest BCUT2D eigenvalue weighted by Crippen LogP contribution is 2.32. The second kappa shape index (κ2) is 9.94. The maximum Gasteiger partial charge on any atom is 0.336 e. The number of ether oxygens (including phenoxy) is 1. The predicted molar refractivity (Wildman–Crippen MR) is 127 cm³/mol. The van der Waals surface area contributed by atoms with E-state index in [1.54, 1.807) is 6.07 Å². The molecule has 0 N–H and O–H groups in total. The van der Waals surface area contributed by atoms with Gasteiger partial charge in [-0.05, 0) is 56.1 Å². The lowest BCUT2D eigenvalue weighted by Crippen LogP contribution is -2.46. The molecule has 5 nitrogen and oxygen atoms in total. The number of hydrogen-bond acceptors (Lipinski definition) is 5. The van der Waals surface area contributed by atoms with Crippen molar-refractivity contribution in [3.63, 3.8) is 0 Å². The quantitative estimate of drug-likeness (QED) is 0.349. The van der Waals surface area contributed by atoms with Crippen LogP contribution < -0.4 is 15.3 Å². The number of rotatable bonds is 7. The Morgan fingerprint density at radius 3 is 2.65 bits per heavy atom. The number of anilines is 1. The first-order valence-electron chi connectivity index (χ1n) is 10.6. The highest BCUT2D eigenvalue weighted by Gasteiger charge is 2.19. The minimum atomic E-state index is -0.333. The van der Waals surface area contributed by atoms with Gasteiger partial charge in [0.2, 0.25) is 0 Å². The van der Waals surface area contributed by atoms with Gasteiger partial charge in [0.05, 0.1) is 22.3 Å². The van der Waals surface area contributed by atoms with Crippen molar-refractivity contribution in [2.24, 2.45) is 0 Å². The van der Waals surface area contributed by atoms with E-state index >= 15 is 0 Å².